The van der Waals surface area contributed by atoms with Crippen LogP contribution in [0.4, 0.5) is 0 Å². The maximum absolute atomic E-state index is 4.33. The lowest BCUT2D eigenvalue weighted by Crippen LogP contribution is -2.12. The Morgan fingerprint density at radius 2 is 1.80 bits per heavy atom. The van der Waals surface area contributed by atoms with Crippen molar-refractivity contribution in [3.8, 4) is 0 Å². The van der Waals surface area contributed by atoms with Crippen LogP contribution < -0.4 is 0 Å². The van der Waals surface area contributed by atoms with Gasteiger partial charge >= 0.3 is 0 Å². The highest BCUT2D eigenvalue weighted by Gasteiger charge is 2.13. The van der Waals surface area contributed by atoms with Crippen LogP contribution >= 0.6 is 0 Å². The molecule has 0 aliphatic rings. The van der Waals surface area contributed by atoms with Crippen molar-refractivity contribution in [3.63, 3.8) is 0 Å². The zero-order valence-electron chi connectivity index (χ0n) is 13.3. The van der Waals surface area contributed by atoms with Gasteiger partial charge in [0.2, 0.25) is 0 Å². The number of hydrogen-bond donors (Lipinski definition) is 0. The van der Waals surface area contributed by atoms with Gasteiger partial charge < -0.3 is 0 Å². The van der Waals surface area contributed by atoms with Gasteiger partial charge in [-0.1, -0.05) is 37.1 Å². The lowest BCUT2D eigenvalue weighted by molar-refractivity contribution is 0.538. The fourth-order valence-corrected chi connectivity index (χ4v) is 1.66. The summed E-state index contributed by atoms with van der Waals surface area (Å²) < 4.78 is 1.62. The lowest BCUT2D eigenvalue weighted by atomic mass is 9.89. The zero-order chi connectivity index (χ0) is 15.0. The average molecular weight is 274 g/mol. The highest BCUT2D eigenvalue weighted by molar-refractivity contribution is 5.64. The maximum Gasteiger partial charge on any atom is 0.141 e. The van der Waals surface area contributed by atoms with Crippen molar-refractivity contribution < 1.29 is 0 Å². The van der Waals surface area contributed by atoms with Crippen LogP contribution in [0.2, 0.25) is 0 Å². The molecule has 110 valence electrons. The standard InChI is InChI=1S/C16H26N4/c1-14(2)7-6-8-15(3)9-10-16(4,5)11-19-20-12-17-18-13-20/h7,9,11-13H,6,8,10H2,1-5H3. The van der Waals surface area contributed by atoms with Gasteiger partial charge in [-0.2, -0.15) is 5.10 Å². The third-order valence-electron chi connectivity index (χ3n) is 3.01. The van der Waals surface area contributed by atoms with E-state index in [1.165, 1.54) is 11.1 Å². The van der Waals surface area contributed by atoms with Gasteiger partial charge in [0.05, 0.1) is 0 Å². The van der Waals surface area contributed by atoms with E-state index in [4.69, 9.17) is 0 Å². The van der Waals surface area contributed by atoms with Crippen LogP contribution in [0, 0.1) is 5.41 Å². The largest absolute Gasteiger partial charge is 0.208 e. The normalized spacial score (nSPS) is 12.9. The van der Waals surface area contributed by atoms with E-state index < -0.39 is 0 Å². The molecule has 0 spiro atoms. The smallest absolute Gasteiger partial charge is 0.141 e. The molecular formula is C16H26N4. The van der Waals surface area contributed by atoms with E-state index in [0.717, 1.165) is 19.3 Å². The van der Waals surface area contributed by atoms with Crippen LogP contribution in [0.25, 0.3) is 0 Å². The Morgan fingerprint density at radius 3 is 2.40 bits per heavy atom. The third kappa shape index (κ3) is 7.02. The highest BCUT2D eigenvalue weighted by atomic mass is 15.4. The van der Waals surface area contributed by atoms with Gasteiger partial charge in [-0.25, -0.2) is 4.68 Å². The van der Waals surface area contributed by atoms with Crippen molar-refractivity contribution in [2.75, 3.05) is 0 Å². The fraction of sp³-hybridized carbons (Fsp3) is 0.562. The van der Waals surface area contributed by atoms with Crippen molar-refractivity contribution in [3.05, 3.63) is 36.0 Å². The number of allylic oxidation sites excluding steroid dienone is 4. The molecule has 0 aromatic carbocycles. The van der Waals surface area contributed by atoms with Crippen molar-refractivity contribution in [2.45, 2.75) is 53.9 Å². The first-order chi connectivity index (χ1) is 9.39. The molecule has 0 amide bonds. The second kappa shape index (κ2) is 7.78. The minimum atomic E-state index is 0.0298. The van der Waals surface area contributed by atoms with Crippen molar-refractivity contribution in [1.82, 2.24) is 14.9 Å². The topological polar surface area (TPSA) is 43.1 Å². The van der Waals surface area contributed by atoms with E-state index in [1.807, 2.05) is 6.21 Å². The molecule has 0 saturated carbocycles. The Hall–Kier alpha value is -1.71. The number of aromatic nitrogens is 3. The van der Waals surface area contributed by atoms with Crippen molar-refractivity contribution in [1.29, 1.82) is 0 Å². The summed E-state index contributed by atoms with van der Waals surface area (Å²) in [5, 5.41) is 11.8. The summed E-state index contributed by atoms with van der Waals surface area (Å²) in [4.78, 5) is 0. The van der Waals surface area contributed by atoms with Gasteiger partial charge in [0.25, 0.3) is 0 Å². The first kappa shape index (κ1) is 16.3. The summed E-state index contributed by atoms with van der Waals surface area (Å²) in [6.45, 7) is 10.8. The Balaban J connectivity index is 2.47. The molecule has 1 aromatic heterocycles. The number of hydrogen-bond acceptors (Lipinski definition) is 3. The molecule has 0 radical (unpaired) electrons. The highest BCUT2D eigenvalue weighted by Crippen LogP contribution is 2.20. The Kier molecular flexibility index (Phi) is 6.36. The molecule has 1 heterocycles. The molecule has 1 aromatic rings. The first-order valence-corrected chi connectivity index (χ1v) is 7.08. The van der Waals surface area contributed by atoms with E-state index in [9.17, 15) is 0 Å². The Morgan fingerprint density at radius 1 is 1.15 bits per heavy atom. The lowest BCUT2D eigenvalue weighted by Gasteiger charge is -2.17. The van der Waals surface area contributed by atoms with E-state index in [2.05, 4.69) is 62.1 Å². The molecule has 20 heavy (non-hydrogen) atoms. The summed E-state index contributed by atoms with van der Waals surface area (Å²) >= 11 is 0. The molecule has 4 nitrogen and oxygen atoms in total. The zero-order valence-corrected chi connectivity index (χ0v) is 13.3. The molecule has 0 bridgehead atoms. The summed E-state index contributed by atoms with van der Waals surface area (Å²) in [6.07, 6.45) is 13.0. The van der Waals surface area contributed by atoms with E-state index in [0.29, 0.717) is 0 Å². The monoisotopic (exact) mass is 274 g/mol. The number of rotatable bonds is 7. The van der Waals surface area contributed by atoms with E-state index in [1.54, 1.807) is 17.3 Å². The summed E-state index contributed by atoms with van der Waals surface area (Å²) in [5.74, 6) is 0. The van der Waals surface area contributed by atoms with Crippen LogP contribution in [0.3, 0.4) is 0 Å². The molecule has 1 rings (SSSR count). The predicted octanol–water partition coefficient (Wildman–Crippen LogP) is 4.22. The summed E-state index contributed by atoms with van der Waals surface area (Å²) in [7, 11) is 0. The predicted molar refractivity (Wildman–Crippen MR) is 84.7 cm³/mol. The van der Waals surface area contributed by atoms with Crippen molar-refractivity contribution in [2.24, 2.45) is 10.5 Å². The minimum absolute atomic E-state index is 0.0298. The minimum Gasteiger partial charge on any atom is -0.208 e. The molecule has 0 unspecified atom stereocenters. The van der Waals surface area contributed by atoms with Crippen LogP contribution in [-0.4, -0.2) is 21.1 Å². The Bertz CT molecular complexity index is 475. The quantitative estimate of drug-likeness (QED) is 0.552. The van der Waals surface area contributed by atoms with Crippen LogP contribution in [0.1, 0.15) is 53.9 Å². The molecule has 0 aliphatic heterocycles. The Labute approximate surface area is 122 Å². The van der Waals surface area contributed by atoms with Gasteiger partial charge in [-0.05, 0) is 40.0 Å². The molecule has 0 N–H and O–H groups in total. The molecule has 0 aliphatic carbocycles. The summed E-state index contributed by atoms with van der Waals surface area (Å²) in [5.41, 5.74) is 2.86. The SMILES string of the molecule is CC(C)=CCCC(C)=CCC(C)(C)C=Nn1cnnc1. The molecular weight excluding hydrogens is 248 g/mol. The van der Waals surface area contributed by atoms with Gasteiger partial charge in [-0.3, -0.25) is 0 Å². The van der Waals surface area contributed by atoms with Crippen LogP contribution in [0.5, 0.6) is 0 Å². The second-order valence-corrected chi connectivity index (χ2v) is 6.15. The number of nitrogens with zero attached hydrogens (tertiary/aromatic N) is 4. The third-order valence-corrected chi connectivity index (χ3v) is 3.01. The average Bonchev–Trinajstić information content (AvgIpc) is 2.87. The van der Waals surface area contributed by atoms with Gasteiger partial charge in [-0.15, -0.1) is 10.2 Å². The van der Waals surface area contributed by atoms with Gasteiger partial charge in [0.1, 0.15) is 12.7 Å². The first-order valence-electron chi connectivity index (χ1n) is 7.08. The molecule has 4 heteroatoms. The van der Waals surface area contributed by atoms with E-state index in [-0.39, 0.29) is 5.41 Å². The van der Waals surface area contributed by atoms with Crippen LogP contribution in [-0.2, 0) is 0 Å². The maximum atomic E-state index is 4.33. The molecule has 0 atom stereocenters. The molecule has 0 saturated heterocycles. The van der Waals surface area contributed by atoms with Gasteiger partial charge in [0, 0.05) is 11.6 Å². The molecule has 0 fully saturated rings. The van der Waals surface area contributed by atoms with Crippen molar-refractivity contribution >= 4 is 6.21 Å². The summed E-state index contributed by atoms with van der Waals surface area (Å²) in [6, 6.07) is 0. The second-order valence-electron chi connectivity index (χ2n) is 6.15. The van der Waals surface area contributed by atoms with Crippen LogP contribution in [0.15, 0.2) is 41.1 Å². The fourth-order valence-electron chi connectivity index (χ4n) is 1.66. The van der Waals surface area contributed by atoms with E-state index >= 15 is 0 Å². The van der Waals surface area contributed by atoms with Gasteiger partial charge in [0.15, 0.2) is 0 Å².